The van der Waals surface area contributed by atoms with Gasteiger partial charge in [0, 0.05) is 57.4 Å². The van der Waals surface area contributed by atoms with Crippen LogP contribution >= 0.6 is 11.3 Å². The number of aliphatic carboxylic acids is 1. The Morgan fingerprint density at radius 2 is 1.82 bits per heavy atom. The Hall–Kier alpha value is -5.06. The quantitative estimate of drug-likeness (QED) is 0.355. The number of anilines is 2. The van der Waals surface area contributed by atoms with Crippen LogP contribution in [0.15, 0.2) is 41.9 Å². The van der Waals surface area contributed by atoms with Crippen LogP contribution in [-0.4, -0.2) is 120 Å². The summed E-state index contributed by atoms with van der Waals surface area (Å²) in [6.45, 7) is 3.88. The van der Waals surface area contributed by atoms with E-state index in [9.17, 15) is 28.3 Å². The van der Waals surface area contributed by atoms with Crippen LogP contribution in [0.5, 0.6) is 5.88 Å². The zero-order valence-corrected chi connectivity index (χ0v) is 27.8. The molecule has 0 saturated carbocycles. The summed E-state index contributed by atoms with van der Waals surface area (Å²) in [5, 5.41) is 12.0. The second kappa shape index (κ2) is 14.2. The number of nitrogens with zero attached hydrogens (tertiary/aromatic N) is 7. The molecule has 3 aromatic rings. The first-order chi connectivity index (χ1) is 23.6. The maximum atomic E-state index is 13.9. The molecule has 260 valence electrons. The second-order valence-electron chi connectivity index (χ2n) is 11.8. The second-order valence-corrected chi connectivity index (χ2v) is 12.8. The Morgan fingerprint density at radius 1 is 1.04 bits per heavy atom. The molecule has 6 rings (SSSR count). The van der Waals surface area contributed by atoms with Crippen LogP contribution in [0.3, 0.4) is 0 Å². The normalized spacial score (nSPS) is 20.9. The lowest BCUT2D eigenvalue weighted by Crippen LogP contribution is -2.54. The van der Waals surface area contributed by atoms with Gasteiger partial charge in [-0.1, -0.05) is 12.1 Å². The van der Waals surface area contributed by atoms with E-state index in [0.717, 1.165) is 11.1 Å². The van der Waals surface area contributed by atoms with Gasteiger partial charge < -0.3 is 38.9 Å². The van der Waals surface area contributed by atoms with E-state index in [-0.39, 0.29) is 36.4 Å². The number of carbonyl (C=O) groups excluding carboxylic acids is 2. The smallest absolute Gasteiger partial charge is 0.410 e. The predicted molar refractivity (Wildman–Crippen MR) is 175 cm³/mol. The molecule has 6 heterocycles. The minimum atomic E-state index is -2.96. The SMILES string of the molecule is COC(=O)N1CC=C(c2cnc(O[C@H]3C[C@@H](C(=O)O)N(c4cc(-c5cccs5)nc(C(F)F)n4)C3)c(N3CCN(C(=O)OC)C[C@@H]3C)c2)C1. The van der Waals surface area contributed by atoms with Gasteiger partial charge in [-0.25, -0.2) is 38.1 Å². The van der Waals surface area contributed by atoms with E-state index in [2.05, 4.69) is 19.9 Å². The first-order valence-electron chi connectivity index (χ1n) is 15.5. The zero-order chi connectivity index (χ0) is 34.8. The average molecular weight is 700 g/mol. The van der Waals surface area contributed by atoms with Crippen molar-refractivity contribution in [3.05, 3.63) is 53.3 Å². The van der Waals surface area contributed by atoms with E-state index in [0.29, 0.717) is 43.3 Å². The van der Waals surface area contributed by atoms with Crippen LogP contribution in [0.1, 0.15) is 31.2 Å². The topological polar surface area (TPSA) is 151 Å². The van der Waals surface area contributed by atoms with Crippen molar-refractivity contribution in [1.82, 2.24) is 24.8 Å². The van der Waals surface area contributed by atoms with Gasteiger partial charge in [0.15, 0.2) is 5.82 Å². The summed E-state index contributed by atoms with van der Waals surface area (Å²) >= 11 is 1.32. The first-order valence-corrected chi connectivity index (χ1v) is 16.4. The molecular weight excluding hydrogens is 664 g/mol. The molecule has 3 atom stereocenters. The fraction of sp³-hybridized carbons (Fsp3) is 0.438. The Morgan fingerprint density at radius 3 is 2.49 bits per heavy atom. The number of ether oxygens (including phenoxy) is 3. The lowest BCUT2D eigenvalue weighted by molar-refractivity contribution is -0.138. The molecule has 0 radical (unpaired) electrons. The number of aromatic nitrogens is 3. The monoisotopic (exact) mass is 699 g/mol. The number of carbonyl (C=O) groups is 3. The van der Waals surface area contributed by atoms with E-state index in [1.165, 1.54) is 36.5 Å². The highest BCUT2D eigenvalue weighted by Gasteiger charge is 2.41. The number of carboxylic acids is 1. The molecular formula is C32H35F2N7O7S. The molecule has 3 aliphatic rings. The largest absolute Gasteiger partial charge is 0.480 e. The molecule has 3 aromatic heterocycles. The van der Waals surface area contributed by atoms with Crippen LogP contribution in [0.25, 0.3) is 16.1 Å². The predicted octanol–water partition coefficient (Wildman–Crippen LogP) is 4.39. The van der Waals surface area contributed by atoms with Gasteiger partial charge in [0.25, 0.3) is 6.43 Å². The lowest BCUT2D eigenvalue weighted by Gasteiger charge is -2.41. The summed E-state index contributed by atoms with van der Waals surface area (Å²) < 4.78 is 44.0. The summed E-state index contributed by atoms with van der Waals surface area (Å²) in [4.78, 5) is 56.9. The van der Waals surface area contributed by atoms with Crippen LogP contribution in [0.4, 0.5) is 29.9 Å². The number of hydrogen-bond acceptors (Lipinski definition) is 12. The van der Waals surface area contributed by atoms with E-state index >= 15 is 0 Å². The molecule has 3 aliphatic heterocycles. The molecule has 0 bridgehead atoms. The standard InChI is InChI=1S/C32H35F2N7O7S/c1-18-15-39(32(45)47-3)8-9-40(18)23-11-20(19-6-7-38(16-19)31(44)46-2)14-35-29(23)48-21-12-24(30(42)43)41(17-21)26-13-22(25-5-4-10-49-25)36-28(37-26)27(33)34/h4-6,10-11,13-14,18,21,24,27H,7-9,12,15-17H2,1-3H3,(H,42,43)/t18-,21-,24-/m0/s1. The number of pyridine rings is 1. The molecule has 0 aliphatic carbocycles. The Labute approximate surface area is 284 Å². The van der Waals surface area contributed by atoms with Crippen molar-refractivity contribution in [2.45, 2.75) is 38.0 Å². The number of hydrogen-bond donors (Lipinski definition) is 1. The van der Waals surface area contributed by atoms with E-state index in [1.54, 1.807) is 33.5 Å². The van der Waals surface area contributed by atoms with Crippen molar-refractivity contribution in [3.8, 4) is 16.5 Å². The maximum absolute atomic E-state index is 13.9. The average Bonchev–Trinajstić information content (AvgIpc) is 3.90. The molecule has 0 unspecified atom stereocenters. The highest BCUT2D eigenvalue weighted by molar-refractivity contribution is 7.13. The Bertz CT molecular complexity index is 1740. The number of amides is 2. The minimum absolute atomic E-state index is 0.0332. The van der Waals surface area contributed by atoms with Gasteiger partial charge in [-0.3, -0.25) is 0 Å². The number of piperazine rings is 1. The van der Waals surface area contributed by atoms with Gasteiger partial charge in [0.2, 0.25) is 5.88 Å². The van der Waals surface area contributed by atoms with E-state index in [4.69, 9.17) is 14.2 Å². The van der Waals surface area contributed by atoms with Crippen molar-refractivity contribution in [2.24, 2.45) is 0 Å². The van der Waals surface area contributed by atoms with Crippen molar-refractivity contribution < 1.29 is 42.5 Å². The maximum Gasteiger partial charge on any atom is 0.410 e. The van der Waals surface area contributed by atoms with Gasteiger partial charge >= 0.3 is 18.2 Å². The molecule has 14 nitrogen and oxygen atoms in total. The lowest BCUT2D eigenvalue weighted by atomic mass is 10.1. The highest BCUT2D eigenvalue weighted by Crippen LogP contribution is 2.37. The molecule has 2 fully saturated rings. The summed E-state index contributed by atoms with van der Waals surface area (Å²) in [7, 11) is 2.66. The third-order valence-electron chi connectivity index (χ3n) is 8.74. The van der Waals surface area contributed by atoms with Crippen LogP contribution in [0, 0.1) is 0 Å². The van der Waals surface area contributed by atoms with Gasteiger partial charge in [-0.15, -0.1) is 11.3 Å². The Kier molecular flexibility index (Phi) is 9.80. The third kappa shape index (κ3) is 7.06. The van der Waals surface area contributed by atoms with Crippen LogP contribution < -0.4 is 14.5 Å². The number of carboxylic acid groups (broad SMARTS) is 1. The van der Waals surface area contributed by atoms with E-state index < -0.39 is 42.6 Å². The number of thiophene rings is 1. The molecule has 0 spiro atoms. The number of methoxy groups -OCH3 is 2. The number of halogens is 2. The summed E-state index contributed by atoms with van der Waals surface area (Å²) in [5.41, 5.74) is 2.52. The zero-order valence-electron chi connectivity index (χ0n) is 27.0. The van der Waals surface area contributed by atoms with Crippen LogP contribution in [-0.2, 0) is 14.3 Å². The minimum Gasteiger partial charge on any atom is -0.480 e. The summed E-state index contributed by atoms with van der Waals surface area (Å²) in [6.07, 6.45) is -0.943. The summed E-state index contributed by atoms with van der Waals surface area (Å²) in [5.74, 6) is -1.54. The van der Waals surface area contributed by atoms with Gasteiger partial charge in [0.1, 0.15) is 23.7 Å². The van der Waals surface area contributed by atoms with E-state index in [1.807, 2.05) is 19.1 Å². The van der Waals surface area contributed by atoms with Gasteiger partial charge in [0.05, 0.1) is 31.3 Å². The number of rotatable bonds is 8. The third-order valence-corrected chi connectivity index (χ3v) is 9.64. The van der Waals surface area contributed by atoms with Gasteiger partial charge in [-0.2, -0.15) is 0 Å². The summed E-state index contributed by atoms with van der Waals surface area (Å²) in [6, 6.07) is 5.66. The molecule has 49 heavy (non-hydrogen) atoms. The van der Waals surface area contributed by atoms with Crippen molar-refractivity contribution in [3.63, 3.8) is 0 Å². The Balaban J connectivity index is 1.30. The fourth-order valence-corrected chi connectivity index (χ4v) is 7.02. The highest BCUT2D eigenvalue weighted by atomic mass is 32.1. The van der Waals surface area contributed by atoms with Crippen LogP contribution in [0.2, 0.25) is 0 Å². The van der Waals surface area contributed by atoms with Crippen molar-refractivity contribution in [1.29, 1.82) is 0 Å². The molecule has 2 amide bonds. The fourth-order valence-electron chi connectivity index (χ4n) is 6.33. The van der Waals surface area contributed by atoms with Crippen molar-refractivity contribution in [2.75, 3.05) is 63.3 Å². The number of alkyl halides is 2. The van der Waals surface area contributed by atoms with Crippen molar-refractivity contribution >= 4 is 46.6 Å². The molecule has 1 N–H and O–H groups in total. The molecule has 2 saturated heterocycles. The molecule has 17 heteroatoms. The first kappa shape index (κ1) is 33.8. The van der Waals surface area contributed by atoms with Gasteiger partial charge in [-0.05, 0) is 35.6 Å². The molecule has 0 aromatic carbocycles.